The van der Waals surface area contributed by atoms with E-state index < -0.39 is 5.97 Å². The van der Waals surface area contributed by atoms with E-state index in [0.717, 1.165) is 17.0 Å². The molecule has 0 atom stereocenters. The maximum absolute atomic E-state index is 11.9. The van der Waals surface area contributed by atoms with Gasteiger partial charge in [0.15, 0.2) is 5.69 Å². The average Bonchev–Trinajstić information content (AvgIpc) is 3.04. The topological polar surface area (TPSA) is 53.4 Å². The lowest BCUT2D eigenvalue weighted by molar-refractivity contribution is 0.0593. The van der Waals surface area contributed by atoms with E-state index in [1.807, 2.05) is 24.3 Å². The molecule has 1 heterocycles. The molecule has 0 unspecified atom stereocenters. The van der Waals surface area contributed by atoms with Crippen LogP contribution in [0.25, 0.3) is 5.69 Å². The van der Waals surface area contributed by atoms with Gasteiger partial charge in [0.1, 0.15) is 5.75 Å². The lowest BCUT2D eigenvalue weighted by atomic mass is 10.1. The Morgan fingerprint density at radius 1 is 1.12 bits per heavy atom. The highest BCUT2D eigenvalue weighted by molar-refractivity contribution is 6.35. The molecule has 0 radical (unpaired) electrons. The second kappa shape index (κ2) is 7.81. The molecular formula is C19H16Cl2N2O3. The highest BCUT2D eigenvalue weighted by Crippen LogP contribution is 2.27. The molecule has 0 spiro atoms. The van der Waals surface area contributed by atoms with Gasteiger partial charge in [0.25, 0.3) is 0 Å². The number of nitrogens with zero attached hydrogens (tertiary/aromatic N) is 2. The lowest BCUT2D eigenvalue weighted by Crippen LogP contribution is -2.06. The van der Waals surface area contributed by atoms with E-state index in [4.69, 9.17) is 32.7 Å². The average molecular weight is 391 g/mol. The summed E-state index contributed by atoms with van der Waals surface area (Å²) in [6.45, 7) is 0. The van der Waals surface area contributed by atoms with Crippen molar-refractivity contribution in [1.29, 1.82) is 0 Å². The fourth-order valence-electron chi connectivity index (χ4n) is 2.60. The summed E-state index contributed by atoms with van der Waals surface area (Å²) in [4.78, 5) is 11.9. The highest BCUT2D eigenvalue weighted by Gasteiger charge is 2.18. The smallest absolute Gasteiger partial charge is 0.358 e. The minimum Gasteiger partial charge on any atom is -0.497 e. The molecule has 0 N–H and O–H groups in total. The van der Waals surface area contributed by atoms with E-state index >= 15 is 0 Å². The van der Waals surface area contributed by atoms with Gasteiger partial charge in [-0.3, -0.25) is 0 Å². The quantitative estimate of drug-likeness (QED) is 0.598. The minimum atomic E-state index is -0.513. The molecule has 0 saturated heterocycles. The molecule has 26 heavy (non-hydrogen) atoms. The van der Waals surface area contributed by atoms with Gasteiger partial charge in [0.05, 0.1) is 24.9 Å². The first kappa shape index (κ1) is 18.3. The first-order chi connectivity index (χ1) is 12.5. The monoisotopic (exact) mass is 390 g/mol. The fourth-order valence-corrected chi connectivity index (χ4v) is 3.09. The number of halogens is 2. The van der Waals surface area contributed by atoms with Gasteiger partial charge in [-0.25, -0.2) is 9.48 Å². The van der Waals surface area contributed by atoms with Crippen LogP contribution < -0.4 is 4.74 Å². The third-order valence-corrected chi connectivity index (χ3v) is 4.37. The van der Waals surface area contributed by atoms with E-state index in [9.17, 15) is 4.79 Å². The van der Waals surface area contributed by atoms with Gasteiger partial charge in [-0.2, -0.15) is 5.10 Å². The molecule has 2 aromatic carbocycles. The molecule has 0 saturated carbocycles. The number of benzene rings is 2. The summed E-state index contributed by atoms with van der Waals surface area (Å²) < 4.78 is 11.7. The Kier molecular flexibility index (Phi) is 5.49. The predicted molar refractivity (Wildman–Crippen MR) is 101 cm³/mol. The number of rotatable bonds is 5. The SMILES string of the molecule is COC(=O)c1cc(Cc2cccc(OC)c2)n(-c2ccc(Cl)cc2Cl)n1. The zero-order valence-electron chi connectivity index (χ0n) is 14.2. The number of hydrogen-bond donors (Lipinski definition) is 0. The standard InChI is InChI=1S/C19H16Cl2N2O3/c1-25-15-5-3-4-12(9-15)8-14-11-17(19(24)26-2)22-23(14)18-7-6-13(20)10-16(18)21/h3-7,9-11H,8H2,1-2H3. The van der Waals surface area contributed by atoms with Gasteiger partial charge in [0, 0.05) is 17.1 Å². The van der Waals surface area contributed by atoms with Crippen LogP contribution in [0.15, 0.2) is 48.5 Å². The Labute approximate surface area is 161 Å². The van der Waals surface area contributed by atoms with Crippen molar-refractivity contribution in [1.82, 2.24) is 9.78 Å². The largest absolute Gasteiger partial charge is 0.497 e. The molecule has 0 amide bonds. The van der Waals surface area contributed by atoms with Crippen molar-refractivity contribution in [2.75, 3.05) is 14.2 Å². The van der Waals surface area contributed by atoms with Gasteiger partial charge in [-0.05, 0) is 42.0 Å². The Hall–Kier alpha value is -2.50. The van der Waals surface area contributed by atoms with Crippen molar-refractivity contribution in [3.05, 3.63) is 75.5 Å². The zero-order chi connectivity index (χ0) is 18.7. The number of esters is 1. The number of ether oxygens (including phenoxy) is 2. The third-order valence-electron chi connectivity index (χ3n) is 3.83. The molecule has 0 bridgehead atoms. The van der Waals surface area contributed by atoms with Crippen LogP contribution in [-0.2, 0) is 11.2 Å². The van der Waals surface area contributed by atoms with Gasteiger partial charge >= 0.3 is 5.97 Å². The Bertz CT molecular complexity index is 954. The molecule has 134 valence electrons. The van der Waals surface area contributed by atoms with E-state index in [0.29, 0.717) is 22.2 Å². The Morgan fingerprint density at radius 3 is 2.62 bits per heavy atom. The van der Waals surface area contributed by atoms with Crippen LogP contribution in [0.4, 0.5) is 0 Å². The molecule has 0 aliphatic heterocycles. The number of carbonyl (C=O) groups is 1. The van der Waals surface area contributed by atoms with Crippen LogP contribution in [0, 0.1) is 0 Å². The van der Waals surface area contributed by atoms with Crippen molar-refractivity contribution < 1.29 is 14.3 Å². The van der Waals surface area contributed by atoms with Crippen LogP contribution >= 0.6 is 23.2 Å². The molecule has 0 aliphatic rings. The van der Waals surface area contributed by atoms with Crippen molar-refractivity contribution in [3.63, 3.8) is 0 Å². The normalized spacial score (nSPS) is 10.6. The van der Waals surface area contributed by atoms with Crippen LogP contribution in [0.1, 0.15) is 21.7 Å². The van der Waals surface area contributed by atoms with Crippen molar-refractivity contribution in [3.8, 4) is 11.4 Å². The van der Waals surface area contributed by atoms with Gasteiger partial charge in [0.2, 0.25) is 0 Å². The second-order valence-electron chi connectivity index (χ2n) is 5.55. The lowest BCUT2D eigenvalue weighted by Gasteiger charge is -2.10. The maximum atomic E-state index is 11.9. The first-order valence-corrected chi connectivity index (χ1v) is 8.53. The molecule has 0 fully saturated rings. The van der Waals surface area contributed by atoms with Crippen molar-refractivity contribution in [2.24, 2.45) is 0 Å². The van der Waals surface area contributed by atoms with Crippen molar-refractivity contribution in [2.45, 2.75) is 6.42 Å². The molecule has 1 aromatic heterocycles. The Morgan fingerprint density at radius 2 is 1.92 bits per heavy atom. The van der Waals surface area contributed by atoms with E-state index in [1.54, 1.807) is 36.1 Å². The van der Waals surface area contributed by atoms with E-state index in [1.165, 1.54) is 7.11 Å². The zero-order valence-corrected chi connectivity index (χ0v) is 15.7. The maximum Gasteiger partial charge on any atom is 0.358 e. The summed E-state index contributed by atoms with van der Waals surface area (Å²) in [5.74, 6) is 0.243. The molecular weight excluding hydrogens is 375 g/mol. The molecule has 3 aromatic rings. The van der Waals surface area contributed by atoms with Gasteiger partial charge < -0.3 is 9.47 Å². The first-order valence-electron chi connectivity index (χ1n) is 7.77. The molecule has 7 heteroatoms. The molecule has 5 nitrogen and oxygen atoms in total. The second-order valence-corrected chi connectivity index (χ2v) is 6.39. The molecule has 3 rings (SSSR count). The number of hydrogen-bond acceptors (Lipinski definition) is 4. The van der Waals surface area contributed by atoms with Crippen molar-refractivity contribution >= 4 is 29.2 Å². The number of aromatic nitrogens is 2. The number of methoxy groups -OCH3 is 2. The number of carbonyl (C=O) groups excluding carboxylic acids is 1. The minimum absolute atomic E-state index is 0.205. The third kappa shape index (κ3) is 3.84. The summed E-state index contributed by atoms with van der Waals surface area (Å²) in [5.41, 5.74) is 2.62. The highest BCUT2D eigenvalue weighted by atomic mass is 35.5. The van der Waals surface area contributed by atoms with Crippen LogP contribution in [-0.4, -0.2) is 30.0 Å². The summed E-state index contributed by atoms with van der Waals surface area (Å²) in [6.07, 6.45) is 0.528. The Balaban J connectivity index is 2.07. The van der Waals surface area contributed by atoms with Crippen LogP contribution in [0.2, 0.25) is 10.0 Å². The van der Waals surface area contributed by atoms with Gasteiger partial charge in [-0.1, -0.05) is 35.3 Å². The van der Waals surface area contributed by atoms with Crippen LogP contribution in [0.5, 0.6) is 5.75 Å². The fraction of sp³-hybridized carbons (Fsp3) is 0.158. The summed E-state index contributed by atoms with van der Waals surface area (Å²) in [7, 11) is 2.94. The van der Waals surface area contributed by atoms with E-state index in [-0.39, 0.29) is 5.69 Å². The predicted octanol–water partition coefficient (Wildman–Crippen LogP) is 4.57. The summed E-state index contributed by atoms with van der Waals surface area (Å²) >= 11 is 12.3. The summed E-state index contributed by atoms with van der Waals surface area (Å²) in [6, 6.07) is 14.5. The van der Waals surface area contributed by atoms with E-state index in [2.05, 4.69) is 5.10 Å². The molecule has 0 aliphatic carbocycles. The summed E-state index contributed by atoms with van der Waals surface area (Å²) in [5, 5.41) is 5.32. The van der Waals surface area contributed by atoms with Gasteiger partial charge in [-0.15, -0.1) is 0 Å². The van der Waals surface area contributed by atoms with Crippen LogP contribution in [0.3, 0.4) is 0 Å².